The number of benzene rings is 1. The molecule has 0 spiro atoms. The van der Waals surface area contributed by atoms with Gasteiger partial charge in [-0.25, -0.2) is 8.42 Å². The van der Waals surface area contributed by atoms with Crippen molar-refractivity contribution in [3.63, 3.8) is 0 Å². The largest absolute Gasteiger partial charge is 0.504 e. The number of halogens is 2. The van der Waals surface area contributed by atoms with Gasteiger partial charge in [0.2, 0.25) is 9.05 Å². The molecule has 0 radical (unpaired) electrons. The Bertz CT molecular complexity index is 434. The third-order valence-electron chi connectivity index (χ3n) is 1.44. The molecule has 2 N–H and O–H groups in total. The fraction of sp³-hybridized carbons (Fsp3) is 0.143. The van der Waals surface area contributed by atoms with Crippen LogP contribution in [0.4, 0.5) is 0 Å². The van der Waals surface area contributed by atoms with E-state index in [0.29, 0.717) is 5.56 Å². The van der Waals surface area contributed by atoms with E-state index in [-0.39, 0.29) is 10.2 Å². The maximum absolute atomic E-state index is 10.7. The summed E-state index contributed by atoms with van der Waals surface area (Å²) in [5, 5.41) is 18.3. The summed E-state index contributed by atoms with van der Waals surface area (Å²) in [7, 11) is 1.36. The van der Waals surface area contributed by atoms with Crippen molar-refractivity contribution in [1.82, 2.24) is 0 Å². The summed E-state index contributed by atoms with van der Waals surface area (Å²) in [6.07, 6.45) is 0. The highest BCUT2D eigenvalue weighted by molar-refractivity contribution is 9.10. The molecule has 0 atom stereocenters. The minimum Gasteiger partial charge on any atom is -0.504 e. The second-order valence-electron chi connectivity index (χ2n) is 2.63. The summed E-state index contributed by atoms with van der Waals surface area (Å²) in [4.78, 5) is 0. The predicted octanol–water partition coefficient (Wildman–Crippen LogP) is 1.93. The molecule has 0 aliphatic heterocycles. The van der Waals surface area contributed by atoms with Crippen LogP contribution < -0.4 is 0 Å². The average molecular weight is 302 g/mol. The van der Waals surface area contributed by atoms with Gasteiger partial charge in [0.15, 0.2) is 11.5 Å². The third kappa shape index (κ3) is 3.04. The second-order valence-corrected chi connectivity index (χ2v) is 6.26. The van der Waals surface area contributed by atoms with Crippen LogP contribution in [0.2, 0.25) is 0 Å². The van der Waals surface area contributed by atoms with E-state index in [1.165, 1.54) is 6.07 Å². The van der Waals surface area contributed by atoms with Crippen molar-refractivity contribution in [2.75, 3.05) is 0 Å². The molecule has 78 valence electrons. The number of phenolic OH excluding ortho intramolecular Hbond substituents is 2. The first-order valence-corrected chi connectivity index (χ1v) is 6.69. The zero-order valence-corrected chi connectivity index (χ0v) is 9.90. The number of hydrogen-bond acceptors (Lipinski definition) is 4. The second kappa shape index (κ2) is 3.96. The first-order chi connectivity index (χ1) is 6.29. The Morgan fingerprint density at radius 3 is 2.36 bits per heavy atom. The Morgan fingerprint density at radius 2 is 1.93 bits per heavy atom. The fourth-order valence-electron chi connectivity index (χ4n) is 0.922. The zero-order chi connectivity index (χ0) is 10.9. The monoisotopic (exact) mass is 300 g/mol. The summed E-state index contributed by atoms with van der Waals surface area (Å²) in [5.74, 6) is -1.13. The topological polar surface area (TPSA) is 74.6 Å². The van der Waals surface area contributed by atoms with Crippen molar-refractivity contribution in [3.05, 3.63) is 22.2 Å². The Hall–Kier alpha value is -0.460. The smallest absolute Gasteiger partial charge is 0.236 e. The van der Waals surface area contributed by atoms with E-state index in [2.05, 4.69) is 15.9 Å². The molecule has 0 amide bonds. The van der Waals surface area contributed by atoms with Gasteiger partial charge in [0.1, 0.15) is 0 Å². The highest BCUT2D eigenvalue weighted by atomic mass is 79.9. The normalized spacial score (nSPS) is 11.6. The Morgan fingerprint density at radius 1 is 1.36 bits per heavy atom. The lowest BCUT2D eigenvalue weighted by atomic mass is 10.2. The number of hydrogen-bond donors (Lipinski definition) is 2. The van der Waals surface area contributed by atoms with Crippen molar-refractivity contribution in [2.45, 2.75) is 5.75 Å². The predicted molar refractivity (Wildman–Crippen MR) is 55.9 cm³/mol. The van der Waals surface area contributed by atoms with Crippen LogP contribution in [0.1, 0.15) is 5.56 Å². The average Bonchev–Trinajstić information content (AvgIpc) is 1.96. The van der Waals surface area contributed by atoms with E-state index < -0.39 is 20.6 Å². The fourth-order valence-corrected chi connectivity index (χ4v) is 2.36. The van der Waals surface area contributed by atoms with Crippen LogP contribution in [0.25, 0.3) is 0 Å². The van der Waals surface area contributed by atoms with Gasteiger partial charge in [0, 0.05) is 10.7 Å². The molecule has 1 rings (SSSR count). The quantitative estimate of drug-likeness (QED) is 0.646. The minimum absolute atomic E-state index is 0.216. The molecule has 1 aromatic carbocycles. The maximum atomic E-state index is 10.7. The molecule has 0 aliphatic rings. The molecule has 0 fully saturated rings. The van der Waals surface area contributed by atoms with E-state index in [9.17, 15) is 8.42 Å². The van der Waals surface area contributed by atoms with Crippen molar-refractivity contribution in [3.8, 4) is 11.5 Å². The molecule has 0 unspecified atom stereocenters. The van der Waals surface area contributed by atoms with Gasteiger partial charge in [-0.1, -0.05) is 0 Å². The molecule has 0 aliphatic carbocycles. The van der Waals surface area contributed by atoms with Gasteiger partial charge in [0.05, 0.1) is 10.2 Å². The van der Waals surface area contributed by atoms with E-state index in [4.69, 9.17) is 20.9 Å². The number of rotatable bonds is 2. The van der Waals surface area contributed by atoms with Crippen molar-refractivity contribution >= 4 is 35.7 Å². The maximum Gasteiger partial charge on any atom is 0.236 e. The van der Waals surface area contributed by atoms with Crippen LogP contribution in [0, 0.1) is 0 Å². The molecule has 14 heavy (non-hydrogen) atoms. The molecule has 0 saturated heterocycles. The first kappa shape index (κ1) is 11.6. The molecule has 0 bridgehead atoms. The summed E-state index contributed by atoms with van der Waals surface area (Å²) in [5.41, 5.74) is 0.294. The van der Waals surface area contributed by atoms with Crippen LogP contribution in [-0.4, -0.2) is 18.6 Å². The summed E-state index contributed by atoms with van der Waals surface area (Å²) >= 11 is 2.96. The van der Waals surface area contributed by atoms with E-state index in [1.54, 1.807) is 0 Å². The first-order valence-electron chi connectivity index (χ1n) is 3.42. The highest BCUT2D eigenvalue weighted by Gasteiger charge is 2.12. The SMILES string of the molecule is O=S(=O)(Cl)Cc1cc(O)c(O)c(Br)c1. The molecular weight excluding hydrogens is 295 g/mol. The van der Waals surface area contributed by atoms with Gasteiger partial charge < -0.3 is 10.2 Å². The van der Waals surface area contributed by atoms with Crippen molar-refractivity contribution in [1.29, 1.82) is 0 Å². The Labute approximate surface area is 93.7 Å². The number of aromatic hydroxyl groups is 2. The lowest BCUT2D eigenvalue weighted by Gasteiger charge is -2.03. The standard InChI is InChI=1S/C7H6BrClO4S/c8-5-1-4(3-14(9,12)13)2-6(10)7(5)11/h1-2,10-11H,3H2. The zero-order valence-electron chi connectivity index (χ0n) is 6.74. The van der Waals surface area contributed by atoms with E-state index >= 15 is 0 Å². The molecule has 1 aromatic rings. The van der Waals surface area contributed by atoms with Gasteiger partial charge in [-0.3, -0.25) is 0 Å². The van der Waals surface area contributed by atoms with Crippen LogP contribution >= 0.6 is 26.6 Å². The highest BCUT2D eigenvalue weighted by Crippen LogP contribution is 2.34. The van der Waals surface area contributed by atoms with Crippen LogP contribution in [0.15, 0.2) is 16.6 Å². The van der Waals surface area contributed by atoms with Crippen molar-refractivity contribution < 1.29 is 18.6 Å². The molecular formula is C7H6BrClO4S. The van der Waals surface area contributed by atoms with Crippen molar-refractivity contribution in [2.24, 2.45) is 0 Å². The van der Waals surface area contributed by atoms with E-state index in [1.807, 2.05) is 0 Å². The van der Waals surface area contributed by atoms with Gasteiger partial charge in [-0.05, 0) is 33.6 Å². The molecule has 0 saturated carbocycles. The van der Waals surface area contributed by atoms with Crippen LogP contribution in [0.3, 0.4) is 0 Å². The summed E-state index contributed by atoms with van der Waals surface area (Å²) in [6, 6.07) is 2.51. The lowest BCUT2D eigenvalue weighted by Crippen LogP contribution is -1.94. The minimum atomic E-state index is -3.66. The van der Waals surface area contributed by atoms with Crippen LogP contribution in [-0.2, 0) is 14.8 Å². The summed E-state index contributed by atoms with van der Waals surface area (Å²) < 4.78 is 21.6. The van der Waals surface area contributed by atoms with Gasteiger partial charge in [0.25, 0.3) is 0 Å². The molecule has 0 aromatic heterocycles. The van der Waals surface area contributed by atoms with Crippen LogP contribution in [0.5, 0.6) is 11.5 Å². The lowest BCUT2D eigenvalue weighted by molar-refractivity contribution is 0.401. The molecule has 4 nitrogen and oxygen atoms in total. The Balaban J connectivity index is 3.14. The summed E-state index contributed by atoms with van der Waals surface area (Å²) in [6.45, 7) is 0. The van der Waals surface area contributed by atoms with Gasteiger partial charge in [-0.2, -0.15) is 0 Å². The molecule has 0 heterocycles. The number of phenols is 2. The molecule has 7 heteroatoms. The van der Waals surface area contributed by atoms with Gasteiger partial charge >= 0.3 is 0 Å². The Kier molecular flexibility index (Phi) is 3.28. The van der Waals surface area contributed by atoms with E-state index in [0.717, 1.165) is 6.07 Å². The van der Waals surface area contributed by atoms with Gasteiger partial charge in [-0.15, -0.1) is 0 Å². The third-order valence-corrected chi connectivity index (χ3v) is 3.05.